The molecule has 1 N–H and O–H groups in total. The van der Waals surface area contributed by atoms with Crippen molar-refractivity contribution in [3.63, 3.8) is 0 Å². The van der Waals surface area contributed by atoms with E-state index < -0.39 is 0 Å². The van der Waals surface area contributed by atoms with E-state index in [4.69, 9.17) is 0 Å². The minimum atomic E-state index is -0.276. The second-order valence-corrected chi connectivity index (χ2v) is 4.82. The number of carbonyl (C=O) groups is 2. The fourth-order valence-electron chi connectivity index (χ4n) is 2.25. The molecule has 0 atom stereocenters. The molecule has 2 aromatic rings. The summed E-state index contributed by atoms with van der Waals surface area (Å²) in [6.45, 7) is 0.483. The summed E-state index contributed by atoms with van der Waals surface area (Å²) in [5.74, 6) is -0.156. The zero-order valence-electron chi connectivity index (χ0n) is 11.4. The van der Waals surface area contributed by atoms with Gasteiger partial charge in [-0.1, -0.05) is 48.5 Å². The molecule has 0 saturated carbocycles. The van der Waals surface area contributed by atoms with Crippen LogP contribution in [0.15, 0.2) is 60.7 Å². The molecule has 2 aromatic carbocycles. The van der Waals surface area contributed by atoms with Crippen molar-refractivity contribution in [2.24, 2.45) is 0 Å². The van der Waals surface area contributed by atoms with Gasteiger partial charge in [-0.05, 0) is 17.7 Å². The van der Waals surface area contributed by atoms with Crippen molar-refractivity contribution < 1.29 is 9.59 Å². The minimum Gasteiger partial charge on any atom is -0.310 e. The van der Waals surface area contributed by atoms with E-state index in [9.17, 15) is 9.59 Å². The van der Waals surface area contributed by atoms with E-state index in [-0.39, 0.29) is 18.5 Å². The number of nitrogens with zero attached hydrogens (tertiary/aromatic N) is 2. The van der Waals surface area contributed by atoms with E-state index in [1.807, 2.05) is 48.5 Å². The monoisotopic (exact) mass is 281 g/mol. The Morgan fingerprint density at radius 1 is 0.905 bits per heavy atom. The smallest absolute Gasteiger partial charge is 0.310 e. The molecule has 1 aliphatic rings. The Labute approximate surface area is 122 Å². The predicted molar refractivity (Wildman–Crippen MR) is 79.3 cm³/mol. The molecule has 0 bridgehead atoms. The molecule has 3 rings (SSSR count). The molecule has 1 heterocycles. The normalized spacial score (nSPS) is 15.0. The first-order chi connectivity index (χ1) is 10.2. The number of benzene rings is 2. The quantitative estimate of drug-likeness (QED) is 0.937. The van der Waals surface area contributed by atoms with Crippen LogP contribution in [-0.2, 0) is 11.3 Å². The standard InChI is InChI=1S/C16H15N3O2/c20-15-12-18(11-13-7-3-1-4-8-13)16(21)17-19(15)14-9-5-2-6-10-14/h1-10H,11-12H2,(H,17,21). The number of hydrogen-bond donors (Lipinski definition) is 1. The predicted octanol–water partition coefficient (Wildman–Crippen LogP) is 2.16. The number of hydrogen-bond acceptors (Lipinski definition) is 2. The van der Waals surface area contributed by atoms with Crippen LogP contribution >= 0.6 is 0 Å². The van der Waals surface area contributed by atoms with Crippen LogP contribution in [0.1, 0.15) is 5.56 Å². The zero-order chi connectivity index (χ0) is 14.7. The fourth-order valence-corrected chi connectivity index (χ4v) is 2.25. The van der Waals surface area contributed by atoms with Gasteiger partial charge < -0.3 is 4.90 Å². The highest BCUT2D eigenvalue weighted by Gasteiger charge is 2.30. The van der Waals surface area contributed by atoms with Crippen LogP contribution in [-0.4, -0.2) is 23.4 Å². The molecule has 1 saturated heterocycles. The third-order valence-electron chi connectivity index (χ3n) is 3.30. The minimum absolute atomic E-state index is 0.0651. The Morgan fingerprint density at radius 3 is 2.19 bits per heavy atom. The highest BCUT2D eigenvalue weighted by Crippen LogP contribution is 2.16. The highest BCUT2D eigenvalue weighted by molar-refractivity contribution is 6.01. The van der Waals surface area contributed by atoms with Gasteiger partial charge in [0.25, 0.3) is 5.91 Å². The lowest BCUT2D eigenvalue weighted by molar-refractivity contribution is -0.121. The largest absolute Gasteiger partial charge is 0.337 e. The Hall–Kier alpha value is -2.82. The van der Waals surface area contributed by atoms with Gasteiger partial charge in [0.2, 0.25) is 0 Å². The molecular weight excluding hydrogens is 266 g/mol. The van der Waals surface area contributed by atoms with E-state index in [0.717, 1.165) is 5.56 Å². The molecule has 106 valence electrons. The van der Waals surface area contributed by atoms with Gasteiger partial charge in [-0.3, -0.25) is 4.79 Å². The Kier molecular flexibility index (Phi) is 3.55. The summed E-state index contributed by atoms with van der Waals surface area (Å²) in [6.07, 6.45) is 0. The second-order valence-electron chi connectivity index (χ2n) is 4.82. The van der Waals surface area contributed by atoms with E-state index in [1.165, 1.54) is 9.91 Å². The summed E-state index contributed by atoms with van der Waals surface area (Å²) < 4.78 is 0. The van der Waals surface area contributed by atoms with Gasteiger partial charge in [-0.2, -0.15) is 0 Å². The van der Waals surface area contributed by atoms with Crippen molar-refractivity contribution >= 4 is 17.6 Å². The molecule has 5 nitrogen and oxygen atoms in total. The topological polar surface area (TPSA) is 52.7 Å². The van der Waals surface area contributed by atoms with Crippen LogP contribution in [0.4, 0.5) is 10.5 Å². The number of anilines is 1. The summed E-state index contributed by atoms with van der Waals surface area (Å²) in [4.78, 5) is 25.9. The van der Waals surface area contributed by atoms with Gasteiger partial charge in [-0.25, -0.2) is 15.2 Å². The van der Waals surface area contributed by atoms with Crippen molar-refractivity contribution in [2.75, 3.05) is 11.6 Å². The average molecular weight is 281 g/mol. The van der Waals surface area contributed by atoms with Crippen LogP contribution < -0.4 is 10.4 Å². The maximum atomic E-state index is 12.2. The molecule has 0 unspecified atom stereocenters. The van der Waals surface area contributed by atoms with E-state index in [1.54, 1.807) is 12.1 Å². The Balaban J connectivity index is 1.73. The first-order valence-corrected chi connectivity index (χ1v) is 6.71. The summed E-state index contributed by atoms with van der Waals surface area (Å²) >= 11 is 0. The fraction of sp³-hybridized carbons (Fsp3) is 0.125. The third kappa shape index (κ3) is 2.86. The van der Waals surface area contributed by atoms with Crippen molar-refractivity contribution in [2.45, 2.75) is 6.54 Å². The van der Waals surface area contributed by atoms with Gasteiger partial charge >= 0.3 is 6.03 Å². The van der Waals surface area contributed by atoms with Gasteiger partial charge in [0.1, 0.15) is 6.54 Å². The molecule has 0 spiro atoms. The second kappa shape index (κ2) is 5.66. The van der Waals surface area contributed by atoms with Crippen molar-refractivity contribution in [1.29, 1.82) is 0 Å². The van der Waals surface area contributed by atoms with E-state index >= 15 is 0 Å². The number of rotatable bonds is 3. The van der Waals surface area contributed by atoms with Gasteiger partial charge in [0.05, 0.1) is 5.69 Å². The van der Waals surface area contributed by atoms with E-state index in [2.05, 4.69) is 5.43 Å². The first kappa shape index (κ1) is 13.2. The van der Waals surface area contributed by atoms with Crippen molar-refractivity contribution in [3.05, 3.63) is 66.2 Å². The number of hydrazine groups is 1. The zero-order valence-corrected chi connectivity index (χ0v) is 11.4. The maximum absolute atomic E-state index is 12.2. The number of urea groups is 1. The van der Waals surface area contributed by atoms with Crippen LogP contribution in [0.2, 0.25) is 0 Å². The number of para-hydroxylation sites is 1. The molecular formula is C16H15N3O2. The maximum Gasteiger partial charge on any atom is 0.337 e. The summed E-state index contributed by atoms with van der Waals surface area (Å²) in [7, 11) is 0. The Morgan fingerprint density at radius 2 is 1.52 bits per heavy atom. The molecule has 3 amide bonds. The molecule has 21 heavy (non-hydrogen) atoms. The average Bonchev–Trinajstić information content (AvgIpc) is 2.52. The van der Waals surface area contributed by atoms with Crippen molar-refractivity contribution in [1.82, 2.24) is 10.3 Å². The molecule has 0 aromatic heterocycles. The number of carbonyl (C=O) groups excluding carboxylic acids is 2. The molecule has 5 heteroatoms. The lowest BCUT2D eigenvalue weighted by atomic mass is 10.2. The summed E-state index contributed by atoms with van der Waals surface area (Å²) in [5, 5.41) is 1.30. The number of nitrogens with one attached hydrogen (secondary N) is 1. The lowest BCUT2D eigenvalue weighted by Gasteiger charge is -2.34. The van der Waals surface area contributed by atoms with E-state index in [0.29, 0.717) is 12.2 Å². The SMILES string of the molecule is O=C1NN(c2ccccc2)C(=O)CN1Cc1ccccc1. The molecule has 1 aliphatic heterocycles. The molecule has 0 aliphatic carbocycles. The van der Waals surface area contributed by atoms with Crippen LogP contribution in [0.25, 0.3) is 0 Å². The lowest BCUT2D eigenvalue weighted by Crippen LogP contribution is -2.60. The first-order valence-electron chi connectivity index (χ1n) is 6.71. The molecule has 1 fully saturated rings. The summed E-state index contributed by atoms with van der Waals surface area (Å²) in [6, 6.07) is 18.4. The van der Waals surface area contributed by atoms with Crippen LogP contribution in [0.5, 0.6) is 0 Å². The van der Waals surface area contributed by atoms with Gasteiger partial charge in [0, 0.05) is 6.54 Å². The van der Waals surface area contributed by atoms with Crippen molar-refractivity contribution in [3.8, 4) is 0 Å². The summed E-state index contributed by atoms with van der Waals surface area (Å²) in [5.41, 5.74) is 4.28. The van der Waals surface area contributed by atoms with Crippen LogP contribution in [0, 0.1) is 0 Å². The Bertz CT molecular complexity index is 643. The highest BCUT2D eigenvalue weighted by atomic mass is 16.2. The van der Waals surface area contributed by atoms with Gasteiger partial charge in [0.15, 0.2) is 0 Å². The number of amides is 3. The third-order valence-corrected chi connectivity index (χ3v) is 3.30. The molecule has 0 radical (unpaired) electrons. The van der Waals surface area contributed by atoms with Crippen LogP contribution in [0.3, 0.4) is 0 Å². The van der Waals surface area contributed by atoms with Gasteiger partial charge in [-0.15, -0.1) is 0 Å².